The maximum absolute atomic E-state index is 12.7. The van der Waals surface area contributed by atoms with Crippen molar-refractivity contribution in [1.82, 2.24) is 4.90 Å². The van der Waals surface area contributed by atoms with Gasteiger partial charge in [0, 0.05) is 24.2 Å². The minimum Gasteiger partial charge on any atom is -0.295 e. The number of likely N-dealkylation sites (tertiary alicyclic amines) is 1. The number of piperidine rings is 1. The van der Waals surface area contributed by atoms with Crippen molar-refractivity contribution in [2.45, 2.75) is 71.5 Å². The SMILES string of the molecule is Cc1ccc2c3c1C(=O)C(=O)N3C(C)(C)C=C2CN1[C@H](C)CCC[C@@H]1C. The molecule has 138 valence electrons. The molecule has 0 radical (unpaired) electrons. The first-order chi connectivity index (χ1) is 12.2. The lowest BCUT2D eigenvalue weighted by Gasteiger charge is -2.43. The molecule has 0 saturated carbocycles. The lowest BCUT2D eigenvalue weighted by Crippen LogP contribution is -2.49. The summed E-state index contributed by atoms with van der Waals surface area (Å²) in [4.78, 5) is 29.6. The predicted molar refractivity (Wildman–Crippen MR) is 105 cm³/mol. The fourth-order valence-electron chi connectivity index (χ4n) is 5.01. The van der Waals surface area contributed by atoms with E-state index >= 15 is 0 Å². The van der Waals surface area contributed by atoms with Crippen molar-refractivity contribution in [3.63, 3.8) is 0 Å². The minimum atomic E-state index is -0.490. The van der Waals surface area contributed by atoms with Gasteiger partial charge in [0.05, 0.1) is 16.8 Å². The van der Waals surface area contributed by atoms with Gasteiger partial charge in [-0.1, -0.05) is 24.6 Å². The number of hydrogen-bond acceptors (Lipinski definition) is 3. The monoisotopic (exact) mass is 352 g/mol. The molecule has 3 aliphatic rings. The maximum atomic E-state index is 12.7. The zero-order valence-electron chi connectivity index (χ0n) is 16.4. The fraction of sp³-hybridized carbons (Fsp3) is 0.545. The second kappa shape index (κ2) is 5.78. The van der Waals surface area contributed by atoms with E-state index < -0.39 is 11.4 Å². The quantitative estimate of drug-likeness (QED) is 0.757. The third-order valence-electron chi connectivity index (χ3n) is 6.41. The van der Waals surface area contributed by atoms with E-state index in [1.165, 1.54) is 24.8 Å². The molecule has 3 aliphatic heterocycles. The molecule has 1 aromatic carbocycles. The van der Waals surface area contributed by atoms with Gasteiger partial charge in [-0.3, -0.25) is 19.4 Å². The molecular formula is C22H28N2O2. The van der Waals surface area contributed by atoms with E-state index in [2.05, 4.69) is 30.9 Å². The molecule has 0 unspecified atom stereocenters. The van der Waals surface area contributed by atoms with Crippen molar-refractivity contribution < 1.29 is 9.59 Å². The Labute approximate surface area is 155 Å². The Morgan fingerprint density at radius 3 is 2.42 bits per heavy atom. The van der Waals surface area contributed by atoms with Crippen LogP contribution in [0.25, 0.3) is 5.57 Å². The lowest BCUT2D eigenvalue weighted by molar-refractivity contribution is -0.115. The molecule has 3 heterocycles. The van der Waals surface area contributed by atoms with Crippen LogP contribution in [0.5, 0.6) is 0 Å². The van der Waals surface area contributed by atoms with Gasteiger partial charge >= 0.3 is 0 Å². The molecule has 0 N–H and O–H groups in total. The number of carbonyl (C=O) groups is 2. The first-order valence-electron chi connectivity index (χ1n) is 9.72. The number of amides is 1. The smallest absolute Gasteiger partial charge is 0.295 e. The van der Waals surface area contributed by atoms with Crippen molar-refractivity contribution >= 4 is 23.0 Å². The molecule has 0 aromatic heterocycles. The van der Waals surface area contributed by atoms with Crippen LogP contribution in [0.4, 0.5) is 5.69 Å². The first kappa shape index (κ1) is 17.5. The van der Waals surface area contributed by atoms with Crippen LogP contribution in [-0.4, -0.2) is 40.8 Å². The van der Waals surface area contributed by atoms with Gasteiger partial charge in [-0.15, -0.1) is 0 Å². The van der Waals surface area contributed by atoms with Gasteiger partial charge in [-0.25, -0.2) is 0 Å². The molecule has 0 spiro atoms. The van der Waals surface area contributed by atoms with Gasteiger partial charge in [0.25, 0.3) is 11.7 Å². The fourth-order valence-corrected chi connectivity index (χ4v) is 5.01. The molecular weight excluding hydrogens is 324 g/mol. The third-order valence-corrected chi connectivity index (χ3v) is 6.41. The standard InChI is InChI=1S/C22H28N2O2/c1-13-9-10-17-16(12-23-14(2)7-6-8-15(23)3)11-22(4,5)24-19(17)18(13)20(25)21(24)26/h9-11,14-15H,6-8,12H2,1-5H3/t14-,15+. The summed E-state index contributed by atoms with van der Waals surface area (Å²) < 4.78 is 0. The highest BCUT2D eigenvalue weighted by molar-refractivity contribution is 6.53. The summed E-state index contributed by atoms with van der Waals surface area (Å²) in [5.74, 6) is -0.752. The van der Waals surface area contributed by atoms with Crippen LogP contribution in [0.2, 0.25) is 0 Å². The topological polar surface area (TPSA) is 40.6 Å². The highest BCUT2D eigenvalue weighted by atomic mass is 16.2. The van der Waals surface area contributed by atoms with Crippen LogP contribution in [0.15, 0.2) is 18.2 Å². The van der Waals surface area contributed by atoms with Gasteiger partial charge in [0.1, 0.15) is 0 Å². The largest absolute Gasteiger partial charge is 0.300 e. The molecule has 1 amide bonds. The van der Waals surface area contributed by atoms with E-state index in [1.807, 2.05) is 26.8 Å². The summed E-state index contributed by atoms with van der Waals surface area (Å²) in [5, 5.41) is 0. The van der Waals surface area contributed by atoms with E-state index in [4.69, 9.17) is 0 Å². The molecule has 1 fully saturated rings. The molecule has 4 rings (SSSR count). The third kappa shape index (κ3) is 2.38. The lowest BCUT2D eigenvalue weighted by atomic mass is 9.86. The maximum Gasteiger partial charge on any atom is 0.300 e. The highest BCUT2D eigenvalue weighted by Crippen LogP contribution is 2.46. The van der Waals surface area contributed by atoms with E-state index in [0.29, 0.717) is 17.6 Å². The van der Waals surface area contributed by atoms with Gasteiger partial charge < -0.3 is 0 Å². The Balaban J connectivity index is 1.83. The minimum absolute atomic E-state index is 0.359. The highest BCUT2D eigenvalue weighted by Gasteiger charge is 2.47. The molecule has 2 atom stereocenters. The van der Waals surface area contributed by atoms with Gasteiger partial charge in [0.2, 0.25) is 0 Å². The number of hydrogen-bond donors (Lipinski definition) is 0. The Bertz CT molecular complexity index is 827. The van der Waals surface area contributed by atoms with Gasteiger partial charge in [0.15, 0.2) is 0 Å². The van der Waals surface area contributed by atoms with Crippen LogP contribution in [0.3, 0.4) is 0 Å². The molecule has 26 heavy (non-hydrogen) atoms. The molecule has 0 aliphatic carbocycles. The Morgan fingerprint density at radius 1 is 1.12 bits per heavy atom. The predicted octanol–water partition coefficient (Wildman–Crippen LogP) is 3.96. The van der Waals surface area contributed by atoms with Crippen LogP contribution < -0.4 is 4.90 Å². The van der Waals surface area contributed by atoms with Crippen molar-refractivity contribution in [2.24, 2.45) is 0 Å². The van der Waals surface area contributed by atoms with Crippen LogP contribution in [0.1, 0.15) is 68.4 Å². The summed E-state index contributed by atoms with van der Waals surface area (Å²) in [5.41, 5.74) is 4.13. The summed E-state index contributed by atoms with van der Waals surface area (Å²) in [6.07, 6.45) is 5.95. The number of nitrogens with zero attached hydrogens (tertiary/aromatic N) is 2. The average Bonchev–Trinajstić information content (AvgIpc) is 2.83. The number of anilines is 1. The summed E-state index contributed by atoms with van der Waals surface area (Å²) in [6.45, 7) is 11.5. The van der Waals surface area contributed by atoms with E-state index in [1.54, 1.807) is 4.90 Å². The van der Waals surface area contributed by atoms with Crippen molar-refractivity contribution in [2.75, 3.05) is 11.4 Å². The van der Waals surface area contributed by atoms with Crippen molar-refractivity contribution in [1.29, 1.82) is 0 Å². The number of aryl methyl sites for hydroxylation is 1. The summed E-state index contributed by atoms with van der Waals surface area (Å²) >= 11 is 0. The molecule has 0 bridgehead atoms. The number of Topliss-reactive ketones (excluding diaryl/α,β-unsaturated/α-hetero) is 1. The van der Waals surface area contributed by atoms with Crippen molar-refractivity contribution in [3.05, 3.63) is 34.9 Å². The van der Waals surface area contributed by atoms with E-state index in [9.17, 15) is 9.59 Å². The molecule has 4 nitrogen and oxygen atoms in total. The van der Waals surface area contributed by atoms with Crippen LogP contribution in [-0.2, 0) is 4.79 Å². The average molecular weight is 352 g/mol. The number of rotatable bonds is 2. The second-order valence-electron chi connectivity index (χ2n) is 8.75. The number of benzene rings is 1. The van der Waals surface area contributed by atoms with Crippen LogP contribution in [0, 0.1) is 6.92 Å². The Kier molecular flexibility index (Phi) is 3.88. The molecule has 4 heteroatoms. The number of ketones is 1. The normalized spacial score (nSPS) is 27.6. The van der Waals surface area contributed by atoms with E-state index in [0.717, 1.165) is 23.4 Å². The number of carbonyl (C=O) groups excluding carboxylic acids is 2. The Hall–Kier alpha value is -1.94. The molecule has 1 saturated heterocycles. The Morgan fingerprint density at radius 2 is 1.77 bits per heavy atom. The van der Waals surface area contributed by atoms with Gasteiger partial charge in [-0.05, 0) is 58.6 Å². The second-order valence-corrected chi connectivity index (χ2v) is 8.75. The zero-order chi connectivity index (χ0) is 18.8. The van der Waals surface area contributed by atoms with E-state index in [-0.39, 0.29) is 5.78 Å². The summed E-state index contributed by atoms with van der Waals surface area (Å²) in [6, 6.07) is 5.19. The zero-order valence-corrected chi connectivity index (χ0v) is 16.4. The van der Waals surface area contributed by atoms with Gasteiger partial charge in [-0.2, -0.15) is 0 Å². The molecule has 1 aromatic rings. The van der Waals surface area contributed by atoms with Crippen molar-refractivity contribution in [3.8, 4) is 0 Å². The summed E-state index contributed by atoms with van der Waals surface area (Å²) in [7, 11) is 0. The van der Waals surface area contributed by atoms with Crippen LogP contribution >= 0.6 is 0 Å². The first-order valence-corrected chi connectivity index (χ1v) is 9.72.